The van der Waals surface area contributed by atoms with Crippen molar-refractivity contribution < 1.29 is 4.74 Å². The normalized spacial score (nSPS) is 32.4. The van der Waals surface area contributed by atoms with Gasteiger partial charge in [0.15, 0.2) is 10.8 Å². The zero-order valence-electron chi connectivity index (χ0n) is 11.3. The quantitative estimate of drug-likeness (QED) is 0.796. The SMILES string of the molecule is Cc1ccc2c(c1)C1CC(C)(O2)N(C2CC2)C(=S)N1. The van der Waals surface area contributed by atoms with Gasteiger partial charge in [0, 0.05) is 18.0 Å². The van der Waals surface area contributed by atoms with Crippen LogP contribution in [0.2, 0.25) is 0 Å². The first kappa shape index (κ1) is 11.5. The molecule has 19 heavy (non-hydrogen) atoms. The fourth-order valence-corrected chi connectivity index (χ4v) is 3.88. The molecule has 0 amide bonds. The molecule has 3 aliphatic rings. The Hall–Kier alpha value is -1.29. The van der Waals surface area contributed by atoms with E-state index in [4.69, 9.17) is 17.0 Å². The van der Waals surface area contributed by atoms with Gasteiger partial charge in [0.2, 0.25) is 0 Å². The van der Waals surface area contributed by atoms with Gasteiger partial charge in [-0.05, 0) is 45.0 Å². The Labute approximate surface area is 118 Å². The van der Waals surface area contributed by atoms with Gasteiger partial charge in [-0.1, -0.05) is 17.7 Å². The van der Waals surface area contributed by atoms with E-state index < -0.39 is 0 Å². The van der Waals surface area contributed by atoms with Gasteiger partial charge in [0.1, 0.15) is 5.75 Å². The molecule has 0 spiro atoms. The summed E-state index contributed by atoms with van der Waals surface area (Å²) in [5, 5.41) is 4.36. The van der Waals surface area contributed by atoms with Crippen LogP contribution in [0, 0.1) is 6.92 Å². The molecule has 1 aromatic carbocycles. The Morgan fingerprint density at radius 2 is 2.21 bits per heavy atom. The van der Waals surface area contributed by atoms with E-state index in [9.17, 15) is 0 Å². The number of aryl methyl sites for hydroxylation is 1. The maximum atomic E-state index is 6.33. The molecular formula is C15H18N2OS. The van der Waals surface area contributed by atoms with E-state index in [1.165, 1.54) is 24.0 Å². The van der Waals surface area contributed by atoms with E-state index in [2.05, 4.69) is 42.3 Å². The van der Waals surface area contributed by atoms with E-state index in [1.54, 1.807) is 0 Å². The smallest absolute Gasteiger partial charge is 0.184 e. The highest BCUT2D eigenvalue weighted by molar-refractivity contribution is 7.80. The Balaban J connectivity index is 1.80. The van der Waals surface area contributed by atoms with E-state index in [1.807, 2.05) is 0 Å². The average molecular weight is 274 g/mol. The molecule has 0 aromatic heterocycles. The molecular weight excluding hydrogens is 256 g/mol. The summed E-state index contributed by atoms with van der Waals surface area (Å²) in [5.74, 6) is 1.00. The lowest BCUT2D eigenvalue weighted by atomic mass is 9.89. The molecule has 1 saturated carbocycles. The maximum Gasteiger partial charge on any atom is 0.184 e. The minimum Gasteiger partial charge on any atom is -0.468 e. The minimum atomic E-state index is -0.281. The van der Waals surface area contributed by atoms with Crippen molar-refractivity contribution in [3.63, 3.8) is 0 Å². The zero-order chi connectivity index (χ0) is 13.2. The van der Waals surface area contributed by atoms with Crippen molar-refractivity contribution >= 4 is 17.3 Å². The number of benzene rings is 1. The molecule has 1 aromatic rings. The van der Waals surface area contributed by atoms with Gasteiger partial charge >= 0.3 is 0 Å². The third-order valence-electron chi connectivity index (χ3n) is 4.39. The van der Waals surface area contributed by atoms with E-state index in [-0.39, 0.29) is 11.8 Å². The van der Waals surface area contributed by atoms with Crippen LogP contribution in [-0.2, 0) is 0 Å². The van der Waals surface area contributed by atoms with E-state index in [0.29, 0.717) is 6.04 Å². The summed E-state index contributed by atoms with van der Waals surface area (Å²) in [4.78, 5) is 2.28. The van der Waals surface area contributed by atoms with Gasteiger partial charge in [-0.15, -0.1) is 0 Å². The van der Waals surface area contributed by atoms with Gasteiger partial charge in [-0.2, -0.15) is 0 Å². The first-order valence-corrected chi connectivity index (χ1v) is 7.37. The van der Waals surface area contributed by atoms with Gasteiger partial charge in [-0.25, -0.2) is 0 Å². The molecule has 4 rings (SSSR count). The van der Waals surface area contributed by atoms with Crippen molar-refractivity contribution in [2.24, 2.45) is 0 Å². The van der Waals surface area contributed by atoms with Crippen LogP contribution in [0.25, 0.3) is 0 Å². The summed E-state index contributed by atoms with van der Waals surface area (Å²) in [6.07, 6.45) is 3.42. The van der Waals surface area contributed by atoms with Crippen LogP contribution < -0.4 is 10.1 Å². The molecule has 2 bridgehead atoms. The first-order chi connectivity index (χ1) is 9.07. The molecule has 3 nitrogen and oxygen atoms in total. The molecule has 4 heteroatoms. The summed E-state index contributed by atoms with van der Waals surface area (Å²) in [6, 6.07) is 7.27. The average Bonchev–Trinajstić information content (AvgIpc) is 3.14. The number of hydrogen-bond acceptors (Lipinski definition) is 2. The van der Waals surface area contributed by atoms with Crippen molar-refractivity contribution in [3.8, 4) is 5.75 Å². The first-order valence-electron chi connectivity index (χ1n) is 6.96. The molecule has 0 radical (unpaired) electrons. The van der Waals surface area contributed by atoms with Crippen LogP contribution in [-0.4, -0.2) is 21.8 Å². The third-order valence-corrected chi connectivity index (χ3v) is 4.71. The van der Waals surface area contributed by atoms with Crippen LogP contribution in [0.5, 0.6) is 5.75 Å². The molecule has 2 atom stereocenters. The van der Waals surface area contributed by atoms with Crippen LogP contribution >= 0.6 is 12.2 Å². The highest BCUT2D eigenvalue weighted by Gasteiger charge is 2.52. The highest BCUT2D eigenvalue weighted by Crippen LogP contribution is 2.47. The zero-order valence-corrected chi connectivity index (χ0v) is 12.1. The summed E-state index contributed by atoms with van der Waals surface area (Å²) >= 11 is 5.57. The molecule has 1 N–H and O–H groups in total. The van der Waals surface area contributed by atoms with E-state index in [0.717, 1.165) is 17.3 Å². The summed E-state index contributed by atoms with van der Waals surface area (Å²) in [5.41, 5.74) is 2.23. The van der Waals surface area contributed by atoms with E-state index >= 15 is 0 Å². The Kier molecular flexibility index (Phi) is 2.20. The number of fused-ring (bicyclic) bond motifs is 4. The Morgan fingerprint density at radius 3 is 2.95 bits per heavy atom. The highest BCUT2D eigenvalue weighted by atomic mass is 32.1. The maximum absolute atomic E-state index is 6.33. The topological polar surface area (TPSA) is 24.5 Å². The second kappa shape index (κ2) is 3.63. The molecule has 2 fully saturated rings. The predicted octanol–water partition coefficient (Wildman–Crippen LogP) is 2.89. The minimum absolute atomic E-state index is 0.281. The van der Waals surface area contributed by atoms with Crippen molar-refractivity contribution in [1.82, 2.24) is 10.2 Å². The van der Waals surface area contributed by atoms with Gasteiger partial charge < -0.3 is 15.0 Å². The molecule has 2 unspecified atom stereocenters. The number of nitrogens with zero attached hydrogens (tertiary/aromatic N) is 1. The number of nitrogens with one attached hydrogen (secondary N) is 1. The fraction of sp³-hybridized carbons (Fsp3) is 0.533. The van der Waals surface area contributed by atoms with Crippen LogP contribution in [0.15, 0.2) is 18.2 Å². The lowest BCUT2D eigenvalue weighted by molar-refractivity contribution is -0.0721. The summed E-state index contributed by atoms with van der Waals surface area (Å²) < 4.78 is 6.33. The van der Waals surface area contributed by atoms with Gasteiger partial charge in [-0.3, -0.25) is 0 Å². The summed E-state index contributed by atoms with van der Waals surface area (Å²) in [6.45, 7) is 4.29. The largest absolute Gasteiger partial charge is 0.468 e. The number of ether oxygens (including phenoxy) is 1. The van der Waals surface area contributed by atoms with Gasteiger partial charge in [0.25, 0.3) is 0 Å². The lowest BCUT2D eigenvalue weighted by Crippen LogP contribution is -2.65. The van der Waals surface area contributed by atoms with Gasteiger partial charge in [0.05, 0.1) is 6.04 Å². The number of rotatable bonds is 1. The van der Waals surface area contributed by atoms with Crippen molar-refractivity contribution in [1.29, 1.82) is 0 Å². The molecule has 1 aliphatic carbocycles. The van der Waals surface area contributed by atoms with Crippen molar-refractivity contribution in [3.05, 3.63) is 29.3 Å². The van der Waals surface area contributed by atoms with Crippen LogP contribution in [0.3, 0.4) is 0 Å². The van der Waals surface area contributed by atoms with Crippen molar-refractivity contribution in [2.75, 3.05) is 0 Å². The Bertz CT molecular complexity index is 569. The third kappa shape index (κ3) is 1.66. The molecule has 2 heterocycles. The fourth-order valence-electron chi connectivity index (χ4n) is 3.39. The van der Waals surface area contributed by atoms with Crippen LogP contribution in [0.4, 0.5) is 0 Å². The molecule has 2 aliphatic heterocycles. The second-order valence-corrected chi connectivity index (χ2v) is 6.51. The predicted molar refractivity (Wildman–Crippen MR) is 78.2 cm³/mol. The summed E-state index contributed by atoms with van der Waals surface area (Å²) in [7, 11) is 0. The number of thiocarbonyl (C=S) groups is 1. The standard InChI is InChI=1S/C15H18N2OS/c1-9-3-6-13-11(7-9)12-8-15(2,18-13)17(10-4-5-10)14(19)16-12/h3,6-7,10,12H,4-5,8H2,1-2H3,(H,16,19). The van der Waals surface area contributed by atoms with Crippen LogP contribution in [0.1, 0.15) is 43.4 Å². The monoisotopic (exact) mass is 274 g/mol. The molecule has 100 valence electrons. The Morgan fingerprint density at radius 1 is 1.42 bits per heavy atom. The lowest BCUT2D eigenvalue weighted by Gasteiger charge is -2.52. The van der Waals surface area contributed by atoms with Crippen molar-refractivity contribution in [2.45, 2.75) is 50.9 Å². The number of hydrogen-bond donors (Lipinski definition) is 1. The molecule has 1 saturated heterocycles. The second-order valence-electron chi connectivity index (χ2n) is 6.13.